The van der Waals surface area contributed by atoms with Crippen LogP contribution >= 0.6 is 27.3 Å². The van der Waals surface area contributed by atoms with E-state index in [9.17, 15) is 8.42 Å². The average molecular weight is 466 g/mol. The Hall–Kier alpha value is -1.88. The van der Waals surface area contributed by atoms with Crippen molar-refractivity contribution in [3.63, 3.8) is 0 Å². The minimum absolute atomic E-state index is 0.268. The van der Waals surface area contributed by atoms with Crippen LogP contribution in [0, 0.1) is 0 Å². The summed E-state index contributed by atoms with van der Waals surface area (Å²) in [5.41, 5.74) is 0.899. The number of thiazole rings is 1. The van der Waals surface area contributed by atoms with E-state index in [2.05, 4.69) is 30.9 Å². The molecule has 1 aromatic carbocycles. The third kappa shape index (κ3) is 3.88. The minimum Gasteiger partial charge on any atom is -0.338 e. The zero-order chi connectivity index (χ0) is 18.9. The van der Waals surface area contributed by atoms with Gasteiger partial charge in [0.15, 0.2) is 4.21 Å². The molecule has 1 saturated heterocycles. The highest BCUT2D eigenvalue weighted by molar-refractivity contribution is 9.10. The quantitative estimate of drug-likeness (QED) is 0.589. The van der Waals surface area contributed by atoms with Crippen LogP contribution < -0.4 is 4.90 Å². The molecule has 0 saturated carbocycles. The van der Waals surface area contributed by atoms with Gasteiger partial charge in [-0.05, 0) is 18.2 Å². The molecule has 0 spiro atoms. The molecule has 0 bridgehead atoms. The highest BCUT2D eigenvalue weighted by Crippen LogP contribution is 2.31. The van der Waals surface area contributed by atoms with E-state index in [0.29, 0.717) is 37.1 Å². The Bertz CT molecular complexity index is 1020. The van der Waals surface area contributed by atoms with E-state index in [1.165, 1.54) is 21.8 Å². The van der Waals surface area contributed by atoms with Crippen LogP contribution in [-0.4, -0.2) is 53.9 Å². The van der Waals surface area contributed by atoms with E-state index >= 15 is 0 Å². The SMILES string of the molecule is O=S(=O)(c1cnc(-c2ccc(Br)cc2)s1)N1CCN(c2ncccn2)CC1. The van der Waals surface area contributed by atoms with Crippen LogP contribution in [0.15, 0.2) is 57.6 Å². The van der Waals surface area contributed by atoms with Crippen molar-refractivity contribution >= 4 is 43.2 Å². The molecule has 0 N–H and O–H groups in total. The summed E-state index contributed by atoms with van der Waals surface area (Å²) in [7, 11) is -3.55. The summed E-state index contributed by atoms with van der Waals surface area (Å²) in [5.74, 6) is 0.630. The van der Waals surface area contributed by atoms with Gasteiger partial charge in [-0.2, -0.15) is 4.31 Å². The van der Waals surface area contributed by atoms with E-state index in [1.54, 1.807) is 18.5 Å². The van der Waals surface area contributed by atoms with Crippen LogP contribution in [0.5, 0.6) is 0 Å². The number of anilines is 1. The average Bonchev–Trinajstić information content (AvgIpc) is 3.20. The van der Waals surface area contributed by atoms with Crippen molar-refractivity contribution in [2.75, 3.05) is 31.1 Å². The summed E-state index contributed by atoms with van der Waals surface area (Å²) in [4.78, 5) is 14.8. The maximum atomic E-state index is 13.0. The number of aromatic nitrogens is 3. The molecule has 0 radical (unpaired) electrons. The summed E-state index contributed by atoms with van der Waals surface area (Å²) >= 11 is 4.59. The zero-order valence-electron chi connectivity index (χ0n) is 14.2. The first-order chi connectivity index (χ1) is 13.0. The summed E-state index contributed by atoms with van der Waals surface area (Å²) in [5, 5.41) is 0.692. The molecular formula is C17H16BrN5O2S2. The lowest BCUT2D eigenvalue weighted by Gasteiger charge is -2.33. The van der Waals surface area contributed by atoms with Crippen LogP contribution in [0.4, 0.5) is 5.95 Å². The molecule has 0 aliphatic carbocycles. The molecule has 1 fully saturated rings. The van der Waals surface area contributed by atoms with Gasteiger partial charge in [-0.25, -0.2) is 23.4 Å². The minimum atomic E-state index is -3.55. The molecule has 1 aliphatic rings. The lowest BCUT2D eigenvalue weighted by Crippen LogP contribution is -2.49. The first kappa shape index (κ1) is 18.5. The van der Waals surface area contributed by atoms with E-state index in [1.807, 2.05) is 29.2 Å². The van der Waals surface area contributed by atoms with Crippen LogP contribution in [0.1, 0.15) is 0 Å². The molecule has 0 unspecified atom stereocenters. The molecule has 10 heteroatoms. The number of hydrogen-bond acceptors (Lipinski definition) is 7. The van der Waals surface area contributed by atoms with Gasteiger partial charge in [-0.3, -0.25) is 0 Å². The van der Waals surface area contributed by atoms with Crippen molar-refractivity contribution in [2.24, 2.45) is 0 Å². The highest BCUT2D eigenvalue weighted by atomic mass is 79.9. The van der Waals surface area contributed by atoms with Gasteiger partial charge in [0.05, 0.1) is 6.20 Å². The Kier molecular flexibility index (Phi) is 5.22. The number of nitrogens with zero attached hydrogens (tertiary/aromatic N) is 5. The predicted octanol–water partition coefficient (Wildman–Crippen LogP) is 2.87. The van der Waals surface area contributed by atoms with Gasteiger partial charge >= 0.3 is 0 Å². The topological polar surface area (TPSA) is 79.3 Å². The molecular weight excluding hydrogens is 450 g/mol. The van der Waals surface area contributed by atoms with Gasteiger partial charge in [0, 0.05) is 48.6 Å². The van der Waals surface area contributed by atoms with Crippen LogP contribution in [0.25, 0.3) is 10.6 Å². The summed E-state index contributed by atoms with van der Waals surface area (Å²) in [6, 6.07) is 9.42. The molecule has 0 amide bonds. The van der Waals surface area contributed by atoms with Crippen molar-refractivity contribution in [1.29, 1.82) is 0 Å². The Morgan fingerprint density at radius 2 is 1.63 bits per heavy atom. The molecule has 3 aromatic rings. The van der Waals surface area contributed by atoms with Gasteiger partial charge in [-0.1, -0.05) is 28.1 Å². The van der Waals surface area contributed by atoms with Gasteiger partial charge in [0.1, 0.15) is 5.01 Å². The van der Waals surface area contributed by atoms with Crippen molar-refractivity contribution in [3.8, 4) is 10.6 Å². The molecule has 2 aromatic heterocycles. The number of sulfonamides is 1. The van der Waals surface area contributed by atoms with Crippen LogP contribution in [0.3, 0.4) is 0 Å². The van der Waals surface area contributed by atoms with Gasteiger partial charge < -0.3 is 4.90 Å². The highest BCUT2D eigenvalue weighted by Gasteiger charge is 2.31. The van der Waals surface area contributed by atoms with Gasteiger partial charge in [-0.15, -0.1) is 11.3 Å². The standard InChI is InChI=1S/C17H16BrN5O2S2/c18-14-4-2-13(3-5-14)16-21-12-15(26-16)27(24,25)23-10-8-22(9-11-23)17-19-6-1-7-20-17/h1-7,12H,8-11H2. The van der Waals surface area contributed by atoms with Crippen molar-refractivity contribution < 1.29 is 8.42 Å². The lowest BCUT2D eigenvalue weighted by molar-refractivity contribution is 0.383. The molecule has 140 valence electrons. The molecule has 3 heterocycles. The summed E-state index contributed by atoms with van der Waals surface area (Å²) < 4.78 is 28.7. The number of rotatable bonds is 4. The van der Waals surface area contributed by atoms with E-state index in [0.717, 1.165) is 10.0 Å². The largest absolute Gasteiger partial charge is 0.338 e. The van der Waals surface area contributed by atoms with Crippen molar-refractivity contribution in [3.05, 3.63) is 53.4 Å². The predicted molar refractivity (Wildman–Crippen MR) is 108 cm³/mol. The van der Waals surface area contributed by atoms with E-state index < -0.39 is 10.0 Å². The van der Waals surface area contributed by atoms with Gasteiger partial charge in [0.2, 0.25) is 5.95 Å². The molecule has 27 heavy (non-hydrogen) atoms. The number of hydrogen-bond donors (Lipinski definition) is 0. The first-order valence-electron chi connectivity index (χ1n) is 8.28. The van der Waals surface area contributed by atoms with Crippen molar-refractivity contribution in [1.82, 2.24) is 19.3 Å². The fourth-order valence-corrected chi connectivity index (χ4v) is 5.79. The lowest BCUT2D eigenvalue weighted by atomic mass is 10.2. The second kappa shape index (κ2) is 7.63. The molecule has 0 atom stereocenters. The molecule has 4 rings (SSSR count). The third-order valence-corrected chi connectivity index (χ3v) is 8.15. The van der Waals surface area contributed by atoms with Crippen LogP contribution in [-0.2, 0) is 10.0 Å². The zero-order valence-corrected chi connectivity index (χ0v) is 17.4. The Labute approximate surface area is 169 Å². The van der Waals surface area contributed by atoms with E-state index in [4.69, 9.17) is 0 Å². The first-order valence-corrected chi connectivity index (χ1v) is 11.3. The number of benzene rings is 1. The third-order valence-electron chi connectivity index (χ3n) is 4.24. The van der Waals surface area contributed by atoms with Crippen LogP contribution in [0.2, 0.25) is 0 Å². The van der Waals surface area contributed by atoms with Crippen molar-refractivity contribution in [2.45, 2.75) is 4.21 Å². The molecule has 1 aliphatic heterocycles. The Morgan fingerprint density at radius 3 is 2.30 bits per heavy atom. The fraction of sp³-hybridized carbons (Fsp3) is 0.235. The number of piperazine rings is 1. The Balaban J connectivity index is 1.49. The van der Waals surface area contributed by atoms with E-state index in [-0.39, 0.29) is 4.21 Å². The molecule has 7 nitrogen and oxygen atoms in total. The maximum Gasteiger partial charge on any atom is 0.254 e. The normalized spacial score (nSPS) is 15.8. The number of halogens is 1. The van der Waals surface area contributed by atoms with Gasteiger partial charge in [0.25, 0.3) is 10.0 Å². The fourth-order valence-electron chi connectivity index (χ4n) is 2.81. The smallest absolute Gasteiger partial charge is 0.254 e. The second-order valence-corrected chi connectivity index (χ2v) is 10.0. The maximum absolute atomic E-state index is 13.0. The summed E-state index contributed by atoms with van der Waals surface area (Å²) in [6.07, 6.45) is 4.82. The monoisotopic (exact) mass is 465 g/mol. The Morgan fingerprint density at radius 1 is 0.963 bits per heavy atom. The second-order valence-electron chi connectivity index (χ2n) is 5.93. The summed E-state index contributed by atoms with van der Waals surface area (Å²) in [6.45, 7) is 1.90.